The van der Waals surface area contributed by atoms with Crippen molar-refractivity contribution in [3.63, 3.8) is 0 Å². The van der Waals surface area contributed by atoms with Crippen LogP contribution in [0, 0.1) is 10.1 Å². The first kappa shape index (κ1) is 5.43. The minimum absolute atomic E-state index is 0.370. The Hall–Kier alpha value is -0.710. The van der Waals surface area contributed by atoms with E-state index >= 15 is 0 Å². The van der Waals surface area contributed by atoms with Crippen LogP contribution in [0.1, 0.15) is 0 Å². The van der Waals surface area contributed by atoms with Crippen LogP contribution in [0.25, 0.3) is 0 Å². The zero-order valence-corrected chi connectivity index (χ0v) is 4.72. The van der Waals surface area contributed by atoms with E-state index < -0.39 is 5.50 Å². The average Bonchev–Trinajstić information content (AvgIpc) is 2.12. The molecule has 0 saturated carbocycles. The molecule has 44 valence electrons. The predicted octanol–water partition coefficient (Wildman–Crippen LogP) is 0.354. The van der Waals surface area contributed by atoms with Gasteiger partial charge in [-0.2, -0.15) is 0 Å². The van der Waals surface area contributed by atoms with Gasteiger partial charge in [-0.05, 0) is 17.2 Å². The number of nitro groups is 1. The summed E-state index contributed by atoms with van der Waals surface area (Å²) in [6.45, 7) is 0. The minimum atomic E-state index is -0.657. The van der Waals surface area contributed by atoms with Crippen LogP contribution in [0.3, 0.4) is 0 Å². The molecule has 5 heteroatoms. The Morgan fingerprint density at radius 3 is 2.88 bits per heavy atom. The standard InChI is InChI=1S/C3H4N2O2S/c6-5(7)3-4-1-2-8-3/h1-4H. The normalized spacial score (nSPS) is 25.2. The van der Waals surface area contributed by atoms with Gasteiger partial charge in [0, 0.05) is 6.20 Å². The van der Waals surface area contributed by atoms with Gasteiger partial charge in [0.05, 0.1) is 4.92 Å². The average molecular weight is 132 g/mol. The fourth-order valence-corrected chi connectivity index (χ4v) is 0.948. The van der Waals surface area contributed by atoms with Crippen LogP contribution in [0.2, 0.25) is 0 Å². The molecule has 1 atom stereocenters. The third-order valence-corrected chi connectivity index (χ3v) is 1.57. The van der Waals surface area contributed by atoms with Crippen molar-refractivity contribution in [1.82, 2.24) is 5.32 Å². The predicted molar refractivity (Wildman–Crippen MR) is 30.6 cm³/mol. The van der Waals surface area contributed by atoms with Crippen molar-refractivity contribution in [2.75, 3.05) is 0 Å². The van der Waals surface area contributed by atoms with Gasteiger partial charge in [0.2, 0.25) is 0 Å². The summed E-state index contributed by atoms with van der Waals surface area (Å²) in [5.41, 5.74) is -0.657. The largest absolute Gasteiger partial charge is 0.336 e. The van der Waals surface area contributed by atoms with Gasteiger partial charge >= 0.3 is 5.50 Å². The highest BCUT2D eigenvalue weighted by molar-refractivity contribution is 8.02. The summed E-state index contributed by atoms with van der Waals surface area (Å²) in [5.74, 6) is 0. The fourth-order valence-electron chi connectivity index (χ4n) is 0.385. The number of hydrogen-bond donors (Lipinski definition) is 1. The monoisotopic (exact) mass is 132 g/mol. The van der Waals surface area contributed by atoms with Crippen LogP contribution in [-0.2, 0) is 0 Å². The molecular formula is C3H4N2O2S. The van der Waals surface area contributed by atoms with Crippen LogP contribution in [-0.4, -0.2) is 10.4 Å². The van der Waals surface area contributed by atoms with Gasteiger partial charge < -0.3 is 5.32 Å². The first-order valence-corrected chi connectivity index (χ1v) is 2.95. The van der Waals surface area contributed by atoms with Gasteiger partial charge in [-0.1, -0.05) is 0 Å². The maximum atomic E-state index is 9.88. The molecule has 1 aliphatic heterocycles. The van der Waals surface area contributed by atoms with E-state index in [1.165, 1.54) is 0 Å². The Bertz CT molecular complexity index is 127. The Balaban J connectivity index is 2.41. The maximum Gasteiger partial charge on any atom is 0.336 e. The lowest BCUT2D eigenvalue weighted by molar-refractivity contribution is -0.498. The van der Waals surface area contributed by atoms with E-state index in [-0.39, 0.29) is 4.92 Å². The molecule has 8 heavy (non-hydrogen) atoms. The molecule has 0 bridgehead atoms. The lowest BCUT2D eigenvalue weighted by atomic mass is 10.9. The molecule has 0 aromatic carbocycles. The van der Waals surface area contributed by atoms with E-state index in [9.17, 15) is 10.1 Å². The number of nitrogens with one attached hydrogen (secondary N) is 1. The number of nitrogens with zero attached hydrogens (tertiary/aromatic N) is 1. The molecule has 4 nitrogen and oxygen atoms in total. The Morgan fingerprint density at radius 2 is 2.62 bits per heavy atom. The van der Waals surface area contributed by atoms with Crippen LogP contribution in [0.4, 0.5) is 0 Å². The fraction of sp³-hybridized carbons (Fsp3) is 0.333. The zero-order chi connectivity index (χ0) is 5.98. The van der Waals surface area contributed by atoms with Gasteiger partial charge in [-0.3, -0.25) is 10.1 Å². The third kappa shape index (κ3) is 0.919. The van der Waals surface area contributed by atoms with Crippen molar-refractivity contribution in [3.05, 3.63) is 21.7 Å². The Morgan fingerprint density at radius 1 is 1.88 bits per heavy atom. The van der Waals surface area contributed by atoms with Gasteiger partial charge in [0.15, 0.2) is 0 Å². The number of rotatable bonds is 1. The molecule has 1 N–H and O–H groups in total. The zero-order valence-electron chi connectivity index (χ0n) is 3.90. The molecule has 0 spiro atoms. The molecule has 0 aromatic heterocycles. The van der Waals surface area contributed by atoms with Gasteiger partial charge in [0.25, 0.3) is 0 Å². The third-order valence-electron chi connectivity index (χ3n) is 0.706. The molecule has 1 aliphatic rings. The van der Waals surface area contributed by atoms with E-state index in [4.69, 9.17) is 0 Å². The molecule has 0 radical (unpaired) electrons. The van der Waals surface area contributed by atoms with Crippen LogP contribution >= 0.6 is 11.8 Å². The second-order valence-electron chi connectivity index (χ2n) is 1.24. The quantitative estimate of drug-likeness (QED) is 0.413. The summed E-state index contributed by atoms with van der Waals surface area (Å²) in [4.78, 5) is 9.51. The second kappa shape index (κ2) is 2.04. The molecular weight excluding hydrogens is 128 g/mol. The highest BCUT2D eigenvalue weighted by atomic mass is 32.2. The number of hydrogen-bond acceptors (Lipinski definition) is 4. The molecule has 0 fully saturated rings. The van der Waals surface area contributed by atoms with Gasteiger partial charge in [-0.15, -0.1) is 0 Å². The first-order chi connectivity index (χ1) is 3.80. The lowest BCUT2D eigenvalue weighted by Gasteiger charge is -1.97. The van der Waals surface area contributed by atoms with Crippen LogP contribution in [0.15, 0.2) is 11.6 Å². The topological polar surface area (TPSA) is 55.2 Å². The molecule has 0 saturated heterocycles. The molecule has 0 aliphatic carbocycles. The summed E-state index contributed by atoms with van der Waals surface area (Å²) in [6, 6.07) is 0. The molecule has 1 heterocycles. The molecule has 1 rings (SSSR count). The molecule has 0 amide bonds. The smallest absolute Gasteiger partial charge is 0.320 e. The van der Waals surface area contributed by atoms with Gasteiger partial charge in [0.1, 0.15) is 0 Å². The summed E-state index contributed by atoms with van der Waals surface area (Å²) < 4.78 is 0. The molecule has 0 aromatic rings. The van der Waals surface area contributed by atoms with E-state index in [0.29, 0.717) is 0 Å². The van der Waals surface area contributed by atoms with E-state index in [0.717, 1.165) is 11.8 Å². The minimum Gasteiger partial charge on any atom is -0.320 e. The molecule has 1 unspecified atom stereocenters. The number of thioether (sulfide) groups is 1. The van der Waals surface area contributed by atoms with Crippen molar-refractivity contribution in [3.8, 4) is 0 Å². The Labute approximate surface area is 50.1 Å². The summed E-state index contributed by atoms with van der Waals surface area (Å²) in [7, 11) is 0. The van der Waals surface area contributed by atoms with Gasteiger partial charge in [-0.25, -0.2) is 0 Å². The lowest BCUT2D eigenvalue weighted by Crippen LogP contribution is -2.25. The first-order valence-electron chi connectivity index (χ1n) is 2.01. The second-order valence-corrected chi connectivity index (χ2v) is 2.23. The van der Waals surface area contributed by atoms with E-state index in [1.807, 2.05) is 0 Å². The SMILES string of the molecule is O=[N+]([O-])C1NC=CS1. The summed E-state index contributed by atoms with van der Waals surface area (Å²) in [6.07, 6.45) is 1.57. The van der Waals surface area contributed by atoms with Crippen molar-refractivity contribution in [2.45, 2.75) is 5.50 Å². The van der Waals surface area contributed by atoms with Crippen molar-refractivity contribution in [1.29, 1.82) is 0 Å². The van der Waals surface area contributed by atoms with E-state index in [2.05, 4.69) is 5.32 Å². The van der Waals surface area contributed by atoms with Crippen molar-refractivity contribution in [2.24, 2.45) is 0 Å². The van der Waals surface area contributed by atoms with Crippen LogP contribution in [0.5, 0.6) is 0 Å². The maximum absolute atomic E-state index is 9.88. The van der Waals surface area contributed by atoms with Crippen molar-refractivity contribution < 1.29 is 4.92 Å². The van der Waals surface area contributed by atoms with E-state index in [1.54, 1.807) is 11.6 Å². The highest BCUT2D eigenvalue weighted by Gasteiger charge is 2.19. The Kier molecular flexibility index (Phi) is 1.38. The summed E-state index contributed by atoms with van der Waals surface area (Å²) in [5, 5.41) is 14.1. The highest BCUT2D eigenvalue weighted by Crippen LogP contribution is 2.14. The van der Waals surface area contributed by atoms with Crippen LogP contribution < -0.4 is 5.32 Å². The summed E-state index contributed by atoms with van der Waals surface area (Å²) >= 11 is 1.16. The van der Waals surface area contributed by atoms with Crippen molar-refractivity contribution >= 4 is 11.8 Å².